The van der Waals surface area contributed by atoms with E-state index >= 15 is 0 Å². The summed E-state index contributed by atoms with van der Waals surface area (Å²) in [6.07, 6.45) is 7.24. The van der Waals surface area contributed by atoms with Gasteiger partial charge in [0.2, 0.25) is 0 Å². The first kappa shape index (κ1) is 11.6. The Balaban J connectivity index is 1.91. The predicted molar refractivity (Wildman–Crippen MR) is 63.0 cm³/mol. The molecule has 0 spiro atoms. The fourth-order valence-electron chi connectivity index (χ4n) is 2.10. The van der Waals surface area contributed by atoms with Crippen molar-refractivity contribution in [2.45, 2.75) is 38.8 Å². The summed E-state index contributed by atoms with van der Waals surface area (Å²) < 4.78 is 7.38. The zero-order valence-electron chi connectivity index (χ0n) is 9.93. The van der Waals surface area contributed by atoms with Crippen LogP contribution in [0.4, 0.5) is 0 Å². The standard InChI is InChI=1S/C12H21N3O/c1-2-12(13)11-7-14-15(9-11)8-10-3-5-16-6-4-10/h7,9-10,12H,2-6,8,13H2,1H3. The van der Waals surface area contributed by atoms with Gasteiger partial charge in [-0.2, -0.15) is 5.10 Å². The maximum Gasteiger partial charge on any atom is 0.0537 e. The van der Waals surface area contributed by atoms with E-state index in [9.17, 15) is 0 Å². The lowest BCUT2D eigenvalue weighted by molar-refractivity contribution is 0.0601. The van der Waals surface area contributed by atoms with E-state index < -0.39 is 0 Å². The molecule has 1 fully saturated rings. The molecular weight excluding hydrogens is 202 g/mol. The number of nitrogens with two attached hydrogens (primary N) is 1. The molecule has 1 aromatic heterocycles. The van der Waals surface area contributed by atoms with Gasteiger partial charge in [0.1, 0.15) is 0 Å². The second-order valence-corrected chi connectivity index (χ2v) is 4.57. The van der Waals surface area contributed by atoms with Gasteiger partial charge in [-0.05, 0) is 25.2 Å². The number of ether oxygens (including phenoxy) is 1. The molecule has 90 valence electrons. The quantitative estimate of drug-likeness (QED) is 0.845. The minimum Gasteiger partial charge on any atom is -0.381 e. The van der Waals surface area contributed by atoms with Gasteiger partial charge in [-0.25, -0.2) is 0 Å². The van der Waals surface area contributed by atoms with Crippen molar-refractivity contribution in [3.63, 3.8) is 0 Å². The summed E-state index contributed by atoms with van der Waals surface area (Å²) in [5.41, 5.74) is 7.12. The van der Waals surface area contributed by atoms with Gasteiger partial charge in [0, 0.05) is 37.6 Å². The van der Waals surface area contributed by atoms with Crippen molar-refractivity contribution >= 4 is 0 Å². The van der Waals surface area contributed by atoms with Gasteiger partial charge >= 0.3 is 0 Å². The van der Waals surface area contributed by atoms with Crippen LogP contribution < -0.4 is 5.73 Å². The Kier molecular flexibility index (Phi) is 3.96. The van der Waals surface area contributed by atoms with E-state index in [1.807, 2.05) is 10.9 Å². The third-order valence-electron chi connectivity index (χ3n) is 3.31. The molecule has 1 aliphatic heterocycles. The molecule has 0 aliphatic carbocycles. The maximum absolute atomic E-state index is 5.97. The summed E-state index contributed by atoms with van der Waals surface area (Å²) in [5, 5.41) is 4.38. The molecule has 0 bridgehead atoms. The smallest absolute Gasteiger partial charge is 0.0537 e. The van der Waals surface area contributed by atoms with Crippen LogP contribution in [0.2, 0.25) is 0 Å². The molecule has 2 heterocycles. The summed E-state index contributed by atoms with van der Waals surface area (Å²) in [6.45, 7) is 4.89. The fraction of sp³-hybridized carbons (Fsp3) is 0.750. The maximum atomic E-state index is 5.97. The topological polar surface area (TPSA) is 53.1 Å². The fourth-order valence-corrected chi connectivity index (χ4v) is 2.10. The van der Waals surface area contributed by atoms with Crippen molar-refractivity contribution < 1.29 is 4.74 Å². The van der Waals surface area contributed by atoms with E-state index in [-0.39, 0.29) is 6.04 Å². The molecule has 0 aromatic carbocycles. The zero-order chi connectivity index (χ0) is 11.4. The highest BCUT2D eigenvalue weighted by Gasteiger charge is 2.15. The van der Waals surface area contributed by atoms with Crippen LogP contribution >= 0.6 is 0 Å². The van der Waals surface area contributed by atoms with Gasteiger partial charge in [-0.15, -0.1) is 0 Å². The molecule has 4 heteroatoms. The molecule has 2 N–H and O–H groups in total. The van der Waals surface area contributed by atoms with Crippen LogP contribution in [0.3, 0.4) is 0 Å². The van der Waals surface area contributed by atoms with Crippen LogP contribution in [0.15, 0.2) is 12.4 Å². The summed E-state index contributed by atoms with van der Waals surface area (Å²) >= 11 is 0. The van der Waals surface area contributed by atoms with Crippen molar-refractivity contribution in [1.82, 2.24) is 9.78 Å². The predicted octanol–water partition coefficient (Wildman–Crippen LogP) is 1.72. The summed E-state index contributed by atoms with van der Waals surface area (Å²) in [6, 6.07) is 0.128. The first-order valence-corrected chi connectivity index (χ1v) is 6.15. The Labute approximate surface area is 96.8 Å². The van der Waals surface area contributed by atoms with Crippen LogP contribution in [-0.4, -0.2) is 23.0 Å². The van der Waals surface area contributed by atoms with E-state index in [0.717, 1.165) is 44.6 Å². The number of nitrogens with zero attached hydrogens (tertiary/aromatic N) is 2. The minimum atomic E-state index is 0.128. The molecule has 16 heavy (non-hydrogen) atoms. The van der Waals surface area contributed by atoms with Crippen LogP contribution in [0.1, 0.15) is 37.8 Å². The van der Waals surface area contributed by atoms with Gasteiger partial charge < -0.3 is 10.5 Å². The van der Waals surface area contributed by atoms with E-state index in [1.54, 1.807) is 0 Å². The Morgan fingerprint density at radius 2 is 2.31 bits per heavy atom. The first-order chi connectivity index (χ1) is 7.79. The van der Waals surface area contributed by atoms with Gasteiger partial charge in [-0.1, -0.05) is 6.92 Å². The Bertz CT molecular complexity index is 318. The molecule has 0 amide bonds. The normalized spacial score (nSPS) is 19.9. The second-order valence-electron chi connectivity index (χ2n) is 4.57. The van der Waals surface area contributed by atoms with Gasteiger partial charge in [-0.3, -0.25) is 4.68 Å². The highest BCUT2D eigenvalue weighted by atomic mass is 16.5. The van der Waals surface area contributed by atoms with Crippen molar-refractivity contribution in [2.75, 3.05) is 13.2 Å². The van der Waals surface area contributed by atoms with Gasteiger partial charge in [0.05, 0.1) is 6.20 Å². The lowest BCUT2D eigenvalue weighted by Crippen LogP contribution is -2.20. The van der Waals surface area contributed by atoms with E-state index in [0.29, 0.717) is 5.92 Å². The number of aromatic nitrogens is 2. The van der Waals surface area contributed by atoms with E-state index in [4.69, 9.17) is 10.5 Å². The third-order valence-corrected chi connectivity index (χ3v) is 3.31. The van der Waals surface area contributed by atoms with E-state index in [1.165, 1.54) is 0 Å². The number of hydrogen-bond acceptors (Lipinski definition) is 3. The largest absolute Gasteiger partial charge is 0.381 e. The highest BCUT2D eigenvalue weighted by Crippen LogP contribution is 2.18. The minimum absolute atomic E-state index is 0.128. The Morgan fingerprint density at radius 3 is 3.00 bits per heavy atom. The molecule has 4 nitrogen and oxygen atoms in total. The molecule has 1 aromatic rings. The highest BCUT2D eigenvalue weighted by molar-refractivity contribution is 5.09. The van der Waals surface area contributed by atoms with Crippen LogP contribution in [0, 0.1) is 5.92 Å². The molecule has 1 unspecified atom stereocenters. The lowest BCUT2D eigenvalue weighted by Gasteiger charge is -2.21. The van der Waals surface area contributed by atoms with Gasteiger partial charge in [0.15, 0.2) is 0 Å². The SMILES string of the molecule is CCC(N)c1cnn(CC2CCOCC2)c1. The van der Waals surface area contributed by atoms with Gasteiger partial charge in [0.25, 0.3) is 0 Å². The molecule has 1 aliphatic rings. The molecular formula is C12H21N3O. The lowest BCUT2D eigenvalue weighted by atomic mass is 10.0. The molecule has 0 radical (unpaired) electrons. The second kappa shape index (κ2) is 5.46. The summed E-state index contributed by atoms with van der Waals surface area (Å²) in [5.74, 6) is 0.708. The third kappa shape index (κ3) is 2.83. The molecule has 1 atom stereocenters. The summed E-state index contributed by atoms with van der Waals surface area (Å²) in [7, 11) is 0. The van der Waals surface area contributed by atoms with Crippen molar-refractivity contribution in [3.05, 3.63) is 18.0 Å². The summed E-state index contributed by atoms with van der Waals surface area (Å²) in [4.78, 5) is 0. The average Bonchev–Trinajstić information content (AvgIpc) is 2.78. The van der Waals surface area contributed by atoms with Crippen molar-refractivity contribution in [2.24, 2.45) is 11.7 Å². The van der Waals surface area contributed by atoms with Crippen LogP contribution in [-0.2, 0) is 11.3 Å². The molecule has 2 rings (SSSR count). The Morgan fingerprint density at radius 1 is 1.56 bits per heavy atom. The molecule has 1 saturated heterocycles. The van der Waals surface area contributed by atoms with Crippen LogP contribution in [0.5, 0.6) is 0 Å². The van der Waals surface area contributed by atoms with Crippen LogP contribution in [0.25, 0.3) is 0 Å². The molecule has 0 saturated carbocycles. The monoisotopic (exact) mass is 223 g/mol. The number of hydrogen-bond donors (Lipinski definition) is 1. The Hall–Kier alpha value is -0.870. The van der Waals surface area contributed by atoms with Crippen molar-refractivity contribution in [3.8, 4) is 0 Å². The average molecular weight is 223 g/mol. The van der Waals surface area contributed by atoms with Crippen molar-refractivity contribution in [1.29, 1.82) is 0 Å². The first-order valence-electron chi connectivity index (χ1n) is 6.15. The number of rotatable bonds is 4. The zero-order valence-corrected chi connectivity index (χ0v) is 9.93. The van der Waals surface area contributed by atoms with E-state index in [2.05, 4.69) is 18.2 Å².